The van der Waals surface area contributed by atoms with E-state index in [1.165, 1.54) is 12.1 Å². The smallest absolute Gasteiger partial charge is 0.270 e. The van der Waals surface area contributed by atoms with Crippen molar-refractivity contribution in [2.45, 2.75) is 97.0 Å². The molecule has 2 saturated carbocycles. The number of anilines is 1. The lowest BCUT2D eigenvalue weighted by Gasteiger charge is -2.40. The van der Waals surface area contributed by atoms with Crippen molar-refractivity contribution >= 4 is 29.3 Å². The van der Waals surface area contributed by atoms with Crippen molar-refractivity contribution in [2.75, 3.05) is 38.6 Å². The van der Waals surface area contributed by atoms with E-state index in [0.717, 1.165) is 25.7 Å². The number of carbonyl (C=O) groups excluding carboxylic acids is 4. The van der Waals surface area contributed by atoms with Crippen LogP contribution in [0, 0.1) is 23.6 Å². The van der Waals surface area contributed by atoms with Crippen LogP contribution in [0.2, 0.25) is 0 Å². The average molecular weight is 682 g/mol. The number of rotatable bonds is 15. The van der Waals surface area contributed by atoms with Gasteiger partial charge < -0.3 is 30.5 Å². The Kier molecular flexibility index (Phi) is 11.7. The minimum Gasteiger partial charge on any atom is -0.369 e. The number of carbonyl (C=O) groups is 4. The Balaban J connectivity index is 1.35. The molecule has 12 nitrogen and oxygen atoms in total. The van der Waals surface area contributed by atoms with Crippen molar-refractivity contribution in [1.82, 2.24) is 30.2 Å². The van der Waals surface area contributed by atoms with Gasteiger partial charge in [0.2, 0.25) is 17.7 Å². The molecule has 13 heteroatoms. The quantitative estimate of drug-likeness (QED) is 0.262. The molecule has 0 radical (unpaired) electrons. The lowest BCUT2D eigenvalue weighted by Crippen LogP contribution is -2.58. The van der Waals surface area contributed by atoms with Crippen LogP contribution in [0.3, 0.4) is 0 Å². The summed E-state index contributed by atoms with van der Waals surface area (Å²) in [6.07, 6.45) is 4.80. The van der Waals surface area contributed by atoms with E-state index in [1.54, 1.807) is 48.7 Å². The van der Waals surface area contributed by atoms with E-state index in [0.29, 0.717) is 55.9 Å². The Morgan fingerprint density at radius 3 is 2.27 bits per heavy atom. The molecule has 3 fully saturated rings. The number of ether oxygens (including phenoxy) is 1. The second-order valence-corrected chi connectivity index (χ2v) is 14.0. The first-order chi connectivity index (χ1) is 23.4. The third-order valence-electron chi connectivity index (χ3n) is 10.4. The lowest BCUT2D eigenvalue weighted by molar-refractivity contribution is -0.142. The highest BCUT2D eigenvalue weighted by atomic mass is 19.1. The van der Waals surface area contributed by atoms with Crippen molar-refractivity contribution in [3.05, 3.63) is 47.5 Å². The summed E-state index contributed by atoms with van der Waals surface area (Å²) in [5.41, 5.74) is 0.842. The summed E-state index contributed by atoms with van der Waals surface area (Å²) in [5.74, 6) is -2.13. The standard InChI is InChI=1S/C36H52FN7O5/c1-7-44-29(15-16-38-44)34(46)41-32(30(24-9-10-24)25-11-12-25)35(47)39-28-14-13-26(19-27(28)37)22(4)31(40-33(45)23(5)49-8-2)36(48)43-18-17-42(6)21(3)20-43/h13-16,19,21-25,30-32H,7-12,17-18,20H2,1-6H3,(H,39,47)(H,40,45)(H,41,46)/t21-,22+,23+,31-,32+/m1/s1. The molecule has 1 aromatic heterocycles. The Morgan fingerprint density at radius 1 is 0.980 bits per heavy atom. The topological polar surface area (TPSA) is 138 Å². The Bertz CT molecular complexity index is 1500. The normalized spacial score (nSPS) is 20.7. The molecule has 5 atom stereocenters. The SMILES string of the molecule is CCO[C@@H](C)C(=O)N[C@@H](C(=O)N1CCN(C)[C@H](C)C1)[C@@H](C)c1ccc(NC(=O)[C@@H](NC(=O)c2ccnn2CC)C(C2CC2)C2CC2)c(F)c1. The fourth-order valence-corrected chi connectivity index (χ4v) is 6.98. The summed E-state index contributed by atoms with van der Waals surface area (Å²) < 4.78 is 22.9. The molecule has 49 heavy (non-hydrogen) atoms. The maximum atomic E-state index is 15.8. The zero-order valence-corrected chi connectivity index (χ0v) is 29.6. The van der Waals surface area contributed by atoms with Crippen molar-refractivity contribution < 1.29 is 28.3 Å². The van der Waals surface area contributed by atoms with Gasteiger partial charge in [0.15, 0.2) is 0 Å². The van der Waals surface area contributed by atoms with Crippen molar-refractivity contribution in [3.63, 3.8) is 0 Å². The largest absolute Gasteiger partial charge is 0.369 e. The van der Waals surface area contributed by atoms with Crippen LogP contribution in [0.25, 0.3) is 0 Å². The maximum absolute atomic E-state index is 15.8. The fraction of sp³-hybridized carbons (Fsp3) is 0.639. The molecule has 268 valence electrons. The third kappa shape index (κ3) is 8.67. The van der Waals surface area contributed by atoms with Gasteiger partial charge in [0.25, 0.3) is 5.91 Å². The van der Waals surface area contributed by atoms with Gasteiger partial charge in [-0.1, -0.05) is 13.0 Å². The fourth-order valence-electron chi connectivity index (χ4n) is 6.98. The number of nitrogens with zero attached hydrogens (tertiary/aromatic N) is 4. The van der Waals surface area contributed by atoms with Crippen molar-refractivity contribution in [2.24, 2.45) is 17.8 Å². The Morgan fingerprint density at radius 2 is 1.67 bits per heavy atom. The number of aromatic nitrogens is 2. The highest BCUT2D eigenvalue weighted by molar-refractivity contribution is 6.01. The third-order valence-corrected chi connectivity index (χ3v) is 10.4. The van der Waals surface area contributed by atoms with Gasteiger partial charge in [-0.2, -0.15) is 5.10 Å². The molecule has 2 aliphatic carbocycles. The van der Waals surface area contributed by atoms with E-state index in [2.05, 4.69) is 25.9 Å². The van der Waals surface area contributed by atoms with Crippen LogP contribution in [0.4, 0.5) is 10.1 Å². The van der Waals surface area contributed by atoms with Crippen LogP contribution in [-0.2, 0) is 25.7 Å². The van der Waals surface area contributed by atoms with Gasteiger partial charge >= 0.3 is 0 Å². The molecule has 1 saturated heterocycles. The van der Waals surface area contributed by atoms with Crippen LogP contribution < -0.4 is 16.0 Å². The zero-order chi connectivity index (χ0) is 35.4. The second kappa shape index (κ2) is 15.8. The van der Waals surface area contributed by atoms with Gasteiger partial charge in [0.05, 0.1) is 5.69 Å². The predicted octanol–water partition coefficient (Wildman–Crippen LogP) is 3.39. The first-order valence-corrected chi connectivity index (χ1v) is 17.8. The minimum atomic E-state index is -0.958. The number of aryl methyl sites for hydroxylation is 1. The van der Waals surface area contributed by atoms with Crippen molar-refractivity contribution in [3.8, 4) is 0 Å². The molecule has 0 unspecified atom stereocenters. The maximum Gasteiger partial charge on any atom is 0.270 e. The molecule has 1 aromatic carbocycles. The van der Waals surface area contributed by atoms with E-state index >= 15 is 4.39 Å². The molecule has 1 aliphatic heterocycles. The number of likely N-dealkylation sites (N-methyl/N-ethyl adjacent to an activating group) is 1. The molecule has 3 aliphatic rings. The van der Waals surface area contributed by atoms with Gasteiger partial charge in [-0.05, 0) is 102 Å². The summed E-state index contributed by atoms with van der Waals surface area (Å²) in [7, 11) is 2.01. The van der Waals surface area contributed by atoms with Crippen LogP contribution in [0.1, 0.15) is 82.3 Å². The highest BCUT2D eigenvalue weighted by Crippen LogP contribution is 2.51. The Hall–Kier alpha value is -3.84. The second-order valence-electron chi connectivity index (χ2n) is 14.0. The summed E-state index contributed by atoms with van der Waals surface area (Å²) >= 11 is 0. The zero-order valence-electron chi connectivity index (χ0n) is 29.6. The first-order valence-electron chi connectivity index (χ1n) is 17.8. The molecule has 2 heterocycles. The predicted molar refractivity (Wildman–Crippen MR) is 183 cm³/mol. The summed E-state index contributed by atoms with van der Waals surface area (Å²) in [6.45, 7) is 11.7. The molecule has 5 rings (SSSR count). The number of amides is 4. The molecule has 3 N–H and O–H groups in total. The van der Waals surface area contributed by atoms with E-state index in [-0.39, 0.29) is 29.5 Å². The number of hydrogen-bond donors (Lipinski definition) is 3. The number of halogens is 1. The minimum absolute atomic E-state index is 0.0195. The summed E-state index contributed by atoms with van der Waals surface area (Å²) in [6, 6.07) is 4.44. The lowest BCUT2D eigenvalue weighted by atomic mass is 9.88. The van der Waals surface area contributed by atoms with Gasteiger partial charge in [0, 0.05) is 50.9 Å². The number of hydrogen-bond acceptors (Lipinski definition) is 7. The molecular weight excluding hydrogens is 629 g/mol. The monoisotopic (exact) mass is 681 g/mol. The molecule has 0 bridgehead atoms. The number of nitrogens with one attached hydrogen (secondary N) is 3. The summed E-state index contributed by atoms with van der Waals surface area (Å²) in [5, 5.41) is 12.8. The van der Waals surface area contributed by atoms with Gasteiger partial charge in [-0.3, -0.25) is 23.9 Å². The van der Waals surface area contributed by atoms with Crippen LogP contribution >= 0.6 is 0 Å². The van der Waals surface area contributed by atoms with E-state index < -0.39 is 41.7 Å². The van der Waals surface area contributed by atoms with E-state index in [1.807, 2.05) is 20.9 Å². The van der Waals surface area contributed by atoms with Crippen LogP contribution in [0.15, 0.2) is 30.5 Å². The van der Waals surface area contributed by atoms with Crippen LogP contribution in [-0.4, -0.2) is 101 Å². The summed E-state index contributed by atoms with van der Waals surface area (Å²) in [4.78, 5) is 58.1. The first kappa shape index (κ1) is 36.4. The van der Waals surface area contributed by atoms with Gasteiger partial charge in [-0.25, -0.2) is 4.39 Å². The van der Waals surface area contributed by atoms with E-state index in [4.69, 9.17) is 4.74 Å². The molecular formula is C36H52FN7O5. The molecule has 2 aromatic rings. The molecule has 0 spiro atoms. The van der Waals surface area contributed by atoms with Crippen LogP contribution in [0.5, 0.6) is 0 Å². The average Bonchev–Trinajstić information content (AvgIpc) is 4.03. The molecule has 4 amide bonds. The van der Waals surface area contributed by atoms with Gasteiger partial charge in [0.1, 0.15) is 29.7 Å². The van der Waals surface area contributed by atoms with Crippen molar-refractivity contribution in [1.29, 1.82) is 0 Å². The highest BCUT2D eigenvalue weighted by Gasteiger charge is 2.48. The number of piperazine rings is 1. The Labute approximate surface area is 288 Å². The van der Waals surface area contributed by atoms with Gasteiger partial charge in [-0.15, -0.1) is 0 Å². The van der Waals surface area contributed by atoms with E-state index in [9.17, 15) is 19.2 Å². The number of benzene rings is 1.